The number of carbonyl (C=O) groups excluding carboxylic acids is 2. The van der Waals surface area contributed by atoms with E-state index >= 15 is 0 Å². The highest BCUT2D eigenvalue weighted by molar-refractivity contribution is 5.98. The number of alkyl halides is 6. The van der Waals surface area contributed by atoms with Crippen LogP contribution in [-0.4, -0.2) is 60.3 Å². The van der Waals surface area contributed by atoms with Crippen molar-refractivity contribution in [3.8, 4) is 17.2 Å². The summed E-state index contributed by atoms with van der Waals surface area (Å²) in [6.45, 7) is 2.71. The van der Waals surface area contributed by atoms with Crippen molar-refractivity contribution in [3.63, 3.8) is 0 Å². The Morgan fingerprint density at radius 1 is 0.891 bits per heavy atom. The molecule has 0 aliphatic carbocycles. The Labute approximate surface area is 259 Å². The summed E-state index contributed by atoms with van der Waals surface area (Å²) in [5, 5.41) is 13.5. The number of benzene rings is 3. The number of hydroxylamine groups is 2. The highest BCUT2D eigenvalue weighted by Crippen LogP contribution is 2.43. The lowest BCUT2D eigenvalue weighted by molar-refractivity contribution is -0.138. The predicted octanol–water partition coefficient (Wildman–Crippen LogP) is 7.22. The molecule has 3 aromatic rings. The van der Waals surface area contributed by atoms with E-state index in [2.05, 4.69) is 5.32 Å². The molecule has 0 saturated carbocycles. The van der Waals surface area contributed by atoms with E-state index in [1.807, 2.05) is 0 Å². The van der Waals surface area contributed by atoms with Crippen molar-refractivity contribution in [1.29, 1.82) is 0 Å². The van der Waals surface area contributed by atoms with Crippen LogP contribution in [0.4, 0.5) is 47.3 Å². The molecule has 46 heavy (non-hydrogen) atoms. The zero-order valence-electron chi connectivity index (χ0n) is 25.2. The van der Waals surface area contributed by atoms with Gasteiger partial charge in [0.2, 0.25) is 5.75 Å². The van der Waals surface area contributed by atoms with E-state index in [0.717, 1.165) is 35.2 Å². The van der Waals surface area contributed by atoms with Gasteiger partial charge in [-0.25, -0.2) is 9.59 Å². The predicted molar refractivity (Wildman–Crippen MR) is 153 cm³/mol. The van der Waals surface area contributed by atoms with Crippen LogP contribution >= 0.6 is 0 Å². The first-order chi connectivity index (χ1) is 21.4. The number of nitrogens with zero attached hydrogens (tertiary/aromatic N) is 3. The molecule has 1 atom stereocenters. The molecular formula is C30H30F6N4O6. The molecule has 16 heteroatoms. The Hall–Kier alpha value is -4.86. The third-order valence-corrected chi connectivity index (χ3v) is 7.41. The van der Waals surface area contributed by atoms with Crippen LogP contribution in [0.3, 0.4) is 0 Å². The van der Waals surface area contributed by atoms with Gasteiger partial charge in [0.05, 0.1) is 38.0 Å². The SMILES string of the molecule is COc1cc(CN2C(=O)N(c3cccc(C(F)(F)F)c3)[C@H](N(O)C(=O)Nc3cccc(C(F)(F)F)c3)C2(C)C)cc(OC)c1OC. The number of hydrogen-bond acceptors (Lipinski definition) is 6. The maximum atomic E-state index is 14.1. The normalized spacial score (nSPS) is 16.3. The Morgan fingerprint density at radius 2 is 1.43 bits per heavy atom. The van der Waals surface area contributed by atoms with Crippen LogP contribution in [0.2, 0.25) is 0 Å². The number of methoxy groups -OCH3 is 3. The van der Waals surface area contributed by atoms with Gasteiger partial charge in [-0.3, -0.25) is 10.1 Å². The minimum Gasteiger partial charge on any atom is -0.493 e. The zero-order chi connectivity index (χ0) is 34.2. The summed E-state index contributed by atoms with van der Waals surface area (Å²) in [5.41, 5.74) is -3.93. The summed E-state index contributed by atoms with van der Waals surface area (Å²) >= 11 is 0. The number of anilines is 2. The van der Waals surface area contributed by atoms with Gasteiger partial charge in [0.25, 0.3) is 0 Å². The monoisotopic (exact) mass is 656 g/mol. The molecule has 0 bridgehead atoms. The molecule has 248 valence electrons. The molecule has 1 aliphatic heterocycles. The lowest BCUT2D eigenvalue weighted by Crippen LogP contribution is -2.58. The van der Waals surface area contributed by atoms with Gasteiger partial charge in [0.15, 0.2) is 17.7 Å². The molecule has 0 unspecified atom stereocenters. The van der Waals surface area contributed by atoms with Gasteiger partial charge in [-0.1, -0.05) is 12.1 Å². The van der Waals surface area contributed by atoms with Crippen LogP contribution < -0.4 is 24.4 Å². The third-order valence-electron chi connectivity index (χ3n) is 7.41. The highest BCUT2D eigenvalue weighted by Gasteiger charge is 2.56. The quantitative estimate of drug-likeness (QED) is 0.151. The first-order valence-electron chi connectivity index (χ1n) is 13.5. The fraction of sp³-hybridized carbons (Fsp3) is 0.333. The van der Waals surface area contributed by atoms with Crippen molar-refractivity contribution in [2.75, 3.05) is 31.5 Å². The molecule has 4 rings (SSSR count). The second kappa shape index (κ2) is 12.5. The van der Waals surface area contributed by atoms with Gasteiger partial charge < -0.3 is 24.4 Å². The summed E-state index contributed by atoms with van der Waals surface area (Å²) in [7, 11) is 4.15. The van der Waals surface area contributed by atoms with E-state index in [1.165, 1.54) is 46.1 Å². The number of rotatable bonds is 8. The van der Waals surface area contributed by atoms with E-state index < -0.39 is 47.2 Å². The fourth-order valence-electron chi connectivity index (χ4n) is 5.17. The van der Waals surface area contributed by atoms with Crippen molar-refractivity contribution in [3.05, 3.63) is 77.4 Å². The highest BCUT2D eigenvalue weighted by atomic mass is 19.4. The second-order valence-electron chi connectivity index (χ2n) is 10.7. The average molecular weight is 657 g/mol. The van der Waals surface area contributed by atoms with Crippen molar-refractivity contribution >= 4 is 23.4 Å². The van der Waals surface area contributed by atoms with E-state index in [1.54, 1.807) is 12.1 Å². The van der Waals surface area contributed by atoms with Crippen LogP contribution in [0.5, 0.6) is 17.2 Å². The van der Waals surface area contributed by atoms with Crippen molar-refractivity contribution in [2.45, 2.75) is 44.4 Å². The van der Waals surface area contributed by atoms with Gasteiger partial charge in [-0.15, -0.1) is 0 Å². The molecular weight excluding hydrogens is 626 g/mol. The van der Waals surface area contributed by atoms with Gasteiger partial charge in [0.1, 0.15) is 0 Å². The van der Waals surface area contributed by atoms with E-state index in [4.69, 9.17) is 14.2 Å². The van der Waals surface area contributed by atoms with Crippen LogP contribution in [0.15, 0.2) is 60.7 Å². The number of hydrogen-bond donors (Lipinski definition) is 2. The summed E-state index contributed by atoms with van der Waals surface area (Å²) in [4.78, 5) is 29.3. The van der Waals surface area contributed by atoms with E-state index in [9.17, 15) is 41.1 Å². The maximum Gasteiger partial charge on any atom is 0.416 e. The Morgan fingerprint density at radius 3 is 1.96 bits per heavy atom. The standard InChI is InChI=1S/C30H30F6N4O6/c1-28(2)25(40(43)26(41)37-20-10-6-8-18(14-20)29(31,32)33)39(21-11-7-9-19(15-21)30(34,35)36)27(42)38(28)16-17-12-22(44-3)24(46-5)23(13-17)45-4/h6-15,25,43H,16H2,1-5H3,(H,37,41)/t25-/m1/s1. The molecule has 0 spiro atoms. The summed E-state index contributed by atoms with van der Waals surface area (Å²) in [6.07, 6.45) is -11.2. The summed E-state index contributed by atoms with van der Waals surface area (Å²) in [5.74, 6) is 0.755. The molecule has 1 heterocycles. The number of halogens is 6. The smallest absolute Gasteiger partial charge is 0.416 e. The number of carbonyl (C=O) groups is 2. The number of amides is 4. The Kier molecular flexibility index (Phi) is 9.24. The largest absolute Gasteiger partial charge is 0.493 e. The van der Waals surface area contributed by atoms with Crippen LogP contribution in [-0.2, 0) is 18.9 Å². The van der Waals surface area contributed by atoms with Gasteiger partial charge in [-0.05, 0) is 67.9 Å². The van der Waals surface area contributed by atoms with Crippen LogP contribution in [0.25, 0.3) is 0 Å². The molecule has 2 N–H and O–H groups in total. The van der Waals surface area contributed by atoms with E-state index in [-0.39, 0.29) is 40.2 Å². The first kappa shape index (κ1) is 34.0. The molecule has 1 fully saturated rings. The van der Waals surface area contributed by atoms with Gasteiger partial charge in [-0.2, -0.15) is 31.4 Å². The van der Waals surface area contributed by atoms with Crippen LogP contribution in [0.1, 0.15) is 30.5 Å². The molecule has 3 aromatic carbocycles. The molecule has 10 nitrogen and oxygen atoms in total. The molecule has 1 aliphatic rings. The second-order valence-corrected chi connectivity index (χ2v) is 10.7. The maximum absolute atomic E-state index is 14.1. The van der Waals surface area contributed by atoms with Crippen molar-refractivity contribution in [2.24, 2.45) is 0 Å². The van der Waals surface area contributed by atoms with Crippen LogP contribution in [0, 0.1) is 0 Å². The van der Waals surface area contributed by atoms with Gasteiger partial charge in [0, 0.05) is 17.9 Å². The number of ether oxygens (including phenoxy) is 3. The fourth-order valence-corrected chi connectivity index (χ4v) is 5.17. The lowest BCUT2D eigenvalue weighted by atomic mass is 9.98. The Bertz CT molecular complexity index is 1590. The topological polar surface area (TPSA) is 104 Å². The molecule has 0 aromatic heterocycles. The summed E-state index contributed by atoms with van der Waals surface area (Å²) < 4.78 is 96.8. The summed E-state index contributed by atoms with van der Waals surface area (Å²) in [6, 6.07) is 8.17. The molecule has 1 saturated heterocycles. The minimum absolute atomic E-state index is 0.0631. The molecule has 4 amide bonds. The lowest BCUT2D eigenvalue weighted by Gasteiger charge is -2.38. The molecule has 0 radical (unpaired) electrons. The van der Waals surface area contributed by atoms with E-state index in [0.29, 0.717) is 17.7 Å². The number of urea groups is 2. The number of nitrogens with one attached hydrogen (secondary N) is 1. The van der Waals surface area contributed by atoms with Crippen molar-refractivity contribution < 1.29 is 55.3 Å². The van der Waals surface area contributed by atoms with Gasteiger partial charge >= 0.3 is 24.4 Å². The third kappa shape index (κ3) is 6.56. The van der Waals surface area contributed by atoms with Crippen molar-refractivity contribution in [1.82, 2.24) is 9.96 Å². The zero-order valence-corrected chi connectivity index (χ0v) is 25.2. The minimum atomic E-state index is -4.79. The Balaban J connectivity index is 1.78. The first-order valence-corrected chi connectivity index (χ1v) is 13.5. The average Bonchev–Trinajstić information content (AvgIpc) is 3.19.